The number of carbonyl (C=O) groups excluding carboxylic acids is 1. The van der Waals surface area contributed by atoms with Crippen LogP contribution in [-0.2, 0) is 17.6 Å². The van der Waals surface area contributed by atoms with Gasteiger partial charge in [-0.25, -0.2) is 4.98 Å². The number of carbonyl (C=O) groups is 1. The number of anilines is 1. The molecule has 3 rings (SSSR count). The van der Waals surface area contributed by atoms with Crippen LogP contribution >= 0.6 is 27.5 Å². The molecule has 1 aromatic heterocycles. The van der Waals surface area contributed by atoms with Crippen molar-refractivity contribution in [3.63, 3.8) is 0 Å². The lowest BCUT2D eigenvalue weighted by atomic mass is 10.1. The number of fused-ring (bicyclic) bond motifs is 1. The maximum atomic E-state index is 12.3. The molecule has 1 aliphatic rings. The van der Waals surface area contributed by atoms with Gasteiger partial charge in [0, 0.05) is 5.92 Å². The maximum Gasteiger partial charge on any atom is 0.228 e. The molecule has 2 aromatic rings. The molecule has 0 fully saturated rings. The summed E-state index contributed by atoms with van der Waals surface area (Å²) in [6.45, 7) is 0. The number of benzene rings is 1. The molecule has 0 saturated heterocycles. The fourth-order valence-electron chi connectivity index (χ4n) is 2.48. The lowest BCUT2D eigenvalue weighted by Crippen LogP contribution is -2.23. The topological polar surface area (TPSA) is 42.0 Å². The van der Waals surface area contributed by atoms with E-state index in [1.807, 2.05) is 12.1 Å². The average molecular weight is 352 g/mol. The number of nitrogens with one attached hydrogen (secondary N) is 1. The molecule has 1 aliphatic carbocycles. The third kappa shape index (κ3) is 2.72. The van der Waals surface area contributed by atoms with Crippen molar-refractivity contribution in [2.75, 3.05) is 5.32 Å². The highest BCUT2D eigenvalue weighted by atomic mass is 79.9. The quantitative estimate of drug-likeness (QED) is 0.835. The predicted molar refractivity (Wildman–Crippen MR) is 82.9 cm³/mol. The SMILES string of the molecule is O=C(Nc1cnc(Cl)c(Br)c1)C1Cc2ccccc2C1. The first-order valence-electron chi connectivity index (χ1n) is 6.32. The highest BCUT2D eigenvalue weighted by Gasteiger charge is 2.27. The smallest absolute Gasteiger partial charge is 0.228 e. The van der Waals surface area contributed by atoms with Crippen molar-refractivity contribution < 1.29 is 4.79 Å². The highest BCUT2D eigenvalue weighted by Crippen LogP contribution is 2.28. The number of aromatic nitrogens is 1. The normalized spacial score (nSPS) is 14.1. The van der Waals surface area contributed by atoms with Crippen LogP contribution in [0.15, 0.2) is 41.0 Å². The zero-order valence-electron chi connectivity index (χ0n) is 10.6. The molecule has 0 aliphatic heterocycles. The minimum absolute atomic E-state index is 0.0122. The Bertz CT molecular complexity index is 650. The molecule has 0 radical (unpaired) electrons. The van der Waals surface area contributed by atoms with Crippen LogP contribution in [0.3, 0.4) is 0 Å². The summed E-state index contributed by atoms with van der Waals surface area (Å²) in [5.74, 6) is 0.0130. The monoisotopic (exact) mass is 350 g/mol. The largest absolute Gasteiger partial charge is 0.324 e. The Kier molecular flexibility index (Phi) is 3.76. The van der Waals surface area contributed by atoms with Gasteiger partial charge >= 0.3 is 0 Å². The van der Waals surface area contributed by atoms with Crippen LogP contribution in [0.25, 0.3) is 0 Å². The van der Waals surface area contributed by atoms with Gasteiger partial charge in [0.25, 0.3) is 0 Å². The van der Waals surface area contributed by atoms with Crippen molar-refractivity contribution in [2.24, 2.45) is 5.92 Å². The fraction of sp³-hybridized carbons (Fsp3) is 0.200. The summed E-state index contributed by atoms with van der Waals surface area (Å²) in [6.07, 6.45) is 3.15. The Morgan fingerprint density at radius 2 is 1.95 bits per heavy atom. The number of nitrogens with zero attached hydrogens (tertiary/aromatic N) is 1. The summed E-state index contributed by atoms with van der Waals surface area (Å²) in [6, 6.07) is 9.96. The predicted octanol–water partition coefficient (Wildman–Crippen LogP) is 3.85. The third-order valence-corrected chi connectivity index (χ3v) is 4.62. The minimum Gasteiger partial charge on any atom is -0.324 e. The molecule has 0 bridgehead atoms. The van der Waals surface area contributed by atoms with Crippen molar-refractivity contribution in [3.8, 4) is 0 Å². The van der Waals surface area contributed by atoms with E-state index in [1.54, 1.807) is 12.3 Å². The first-order valence-corrected chi connectivity index (χ1v) is 7.49. The van der Waals surface area contributed by atoms with E-state index in [4.69, 9.17) is 11.6 Å². The third-order valence-electron chi connectivity index (χ3n) is 3.49. The van der Waals surface area contributed by atoms with E-state index in [9.17, 15) is 4.79 Å². The summed E-state index contributed by atoms with van der Waals surface area (Å²) >= 11 is 9.13. The van der Waals surface area contributed by atoms with E-state index in [0.29, 0.717) is 15.3 Å². The van der Waals surface area contributed by atoms with Gasteiger partial charge in [-0.1, -0.05) is 35.9 Å². The van der Waals surface area contributed by atoms with Gasteiger partial charge in [0.1, 0.15) is 5.15 Å². The van der Waals surface area contributed by atoms with E-state index in [2.05, 4.69) is 38.4 Å². The van der Waals surface area contributed by atoms with Crippen molar-refractivity contribution in [3.05, 3.63) is 57.3 Å². The Hall–Kier alpha value is -1.39. The summed E-state index contributed by atoms with van der Waals surface area (Å²) in [5.41, 5.74) is 3.19. The molecule has 1 aromatic carbocycles. The Labute approximate surface area is 130 Å². The second kappa shape index (κ2) is 5.54. The summed E-state index contributed by atoms with van der Waals surface area (Å²) in [7, 11) is 0. The molecule has 0 unspecified atom stereocenters. The molecule has 0 saturated carbocycles. The van der Waals surface area contributed by atoms with Gasteiger partial charge in [-0.3, -0.25) is 4.79 Å². The summed E-state index contributed by atoms with van der Waals surface area (Å²) in [5, 5.41) is 3.28. The molecule has 0 atom stereocenters. The highest BCUT2D eigenvalue weighted by molar-refractivity contribution is 9.10. The van der Waals surface area contributed by atoms with E-state index in [-0.39, 0.29) is 11.8 Å². The number of hydrogen-bond acceptors (Lipinski definition) is 2. The van der Waals surface area contributed by atoms with Gasteiger partial charge in [-0.05, 0) is 46.0 Å². The number of hydrogen-bond donors (Lipinski definition) is 1. The molecule has 20 heavy (non-hydrogen) atoms. The Morgan fingerprint density at radius 1 is 1.30 bits per heavy atom. The van der Waals surface area contributed by atoms with Crippen LogP contribution in [0.4, 0.5) is 5.69 Å². The fourth-order valence-corrected chi connectivity index (χ4v) is 2.93. The molecular weight excluding hydrogens is 340 g/mol. The van der Waals surface area contributed by atoms with Crippen molar-refractivity contribution >= 4 is 39.1 Å². The lowest BCUT2D eigenvalue weighted by molar-refractivity contribution is -0.119. The minimum atomic E-state index is -0.0122. The Morgan fingerprint density at radius 3 is 2.55 bits per heavy atom. The second-order valence-corrected chi connectivity index (χ2v) is 6.07. The first-order chi connectivity index (χ1) is 9.63. The van der Waals surface area contributed by atoms with Crippen molar-refractivity contribution in [1.29, 1.82) is 0 Å². The second-order valence-electron chi connectivity index (χ2n) is 4.86. The molecular formula is C15H12BrClN2O. The molecule has 1 N–H and O–H groups in total. The van der Waals surface area contributed by atoms with Crippen LogP contribution in [0.2, 0.25) is 5.15 Å². The van der Waals surface area contributed by atoms with Crippen molar-refractivity contribution in [2.45, 2.75) is 12.8 Å². The van der Waals surface area contributed by atoms with E-state index in [0.717, 1.165) is 12.8 Å². The lowest BCUT2D eigenvalue weighted by Gasteiger charge is -2.10. The number of halogens is 2. The van der Waals surface area contributed by atoms with Gasteiger partial charge in [0.2, 0.25) is 5.91 Å². The summed E-state index contributed by atoms with van der Waals surface area (Å²) in [4.78, 5) is 16.3. The first kappa shape index (κ1) is 13.6. The number of rotatable bonds is 2. The van der Waals surface area contributed by atoms with Crippen LogP contribution in [0, 0.1) is 5.92 Å². The van der Waals surface area contributed by atoms with Crippen LogP contribution in [0.5, 0.6) is 0 Å². The number of pyridine rings is 1. The van der Waals surface area contributed by atoms with Gasteiger partial charge in [0.05, 0.1) is 16.4 Å². The molecule has 5 heteroatoms. The zero-order chi connectivity index (χ0) is 14.1. The van der Waals surface area contributed by atoms with Crippen molar-refractivity contribution in [1.82, 2.24) is 4.98 Å². The standard InChI is InChI=1S/C15H12BrClN2O/c16-13-7-12(8-18-14(13)17)19-15(20)11-5-9-3-1-2-4-10(9)6-11/h1-4,7-8,11H,5-6H2,(H,19,20). The maximum absolute atomic E-state index is 12.3. The van der Waals surface area contributed by atoms with Gasteiger partial charge < -0.3 is 5.32 Å². The van der Waals surface area contributed by atoms with Crippen LogP contribution in [-0.4, -0.2) is 10.9 Å². The van der Waals surface area contributed by atoms with Gasteiger partial charge in [-0.15, -0.1) is 0 Å². The molecule has 3 nitrogen and oxygen atoms in total. The van der Waals surface area contributed by atoms with E-state index >= 15 is 0 Å². The number of amides is 1. The Balaban J connectivity index is 1.71. The molecule has 1 amide bonds. The molecule has 0 spiro atoms. The van der Waals surface area contributed by atoms with Gasteiger partial charge in [-0.2, -0.15) is 0 Å². The van der Waals surface area contributed by atoms with E-state index < -0.39 is 0 Å². The molecule has 1 heterocycles. The van der Waals surface area contributed by atoms with Crippen LogP contribution in [0.1, 0.15) is 11.1 Å². The van der Waals surface area contributed by atoms with E-state index in [1.165, 1.54) is 11.1 Å². The van der Waals surface area contributed by atoms with Gasteiger partial charge in [0.15, 0.2) is 0 Å². The van der Waals surface area contributed by atoms with Crippen LogP contribution < -0.4 is 5.32 Å². The zero-order valence-corrected chi connectivity index (χ0v) is 12.9. The average Bonchev–Trinajstić information content (AvgIpc) is 2.87. The summed E-state index contributed by atoms with van der Waals surface area (Å²) < 4.78 is 0.673. The molecule has 102 valence electrons.